The quantitative estimate of drug-likeness (QED) is 0.744. The Morgan fingerprint density at radius 3 is 2.92 bits per heavy atom. The van der Waals surface area contributed by atoms with Crippen LogP contribution >= 0.6 is 11.3 Å². The summed E-state index contributed by atoms with van der Waals surface area (Å²) >= 11 is 1.56. The molecule has 1 amide bonds. The van der Waals surface area contributed by atoms with Crippen LogP contribution in [0.25, 0.3) is 11.3 Å². The van der Waals surface area contributed by atoms with Gasteiger partial charge in [-0.05, 0) is 30.7 Å². The van der Waals surface area contributed by atoms with Crippen LogP contribution in [0, 0.1) is 6.92 Å². The van der Waals surface area contributed by atoms with Gasteiger partial charge in [-0.3, -0.25) is 4.79 Å². The number of nitrogens with one attached hydrogen (secondary N) is 2. The van der Waals surface area contributed by atoms with Crippen LogP contribution in [0.15, 0.2) is 47.8 Å². The van der Waals surface area contributed by atoms with E-state index in [-0.39, 0.29) is 12.5 Å². The van der Waals surface area contributed by atoms with Crippen LogP contribution in [0.2, 0.25) is 0 Å². The van der Waals surface area contributed by atoms with Crippen molar-refractivity contribution in [3.8, 4) is 17.0 Å². The van der Waals surface area contributed by atoms with Gasteiger partial charge in [0.1, 0.15) is 5.75 Å². The summed E-state index contributed by atoms with van der Waals surface area (Å²) in [6.07, 6.45) is 0. The minimum absolute atomic E-state index is 0.0656. The lowest BCUT2D eigenvalue weighted by molar-refractivity contribution is -0.118. The first-order valence-corrected chi connectivity index (χ1v) is 8.87. The van der Waals surface area contributed by atoms with E-state index in [0.717, 1.165) is 22.9 Å². The van der Waals surface area contributed by atoms with Gasteiger partial charge in [-0.15, -0.1) is 11.3 Å². The fraction of sp³-hybridized carbons (Fsp3) is 0.158. The number of thiazole rings is 1. The van der Waals surface area contributed by atoms with Crippen LogP contribution in [-0.2, 0) is 11.3 Å². The van der Waals surface area contributed by atoms with E-state index in [4.69, 9.17) is 4.74 Å². The second-order valence-corrected chi connectivity index (χ2v) is 6.78. The molecule has 0 unspecified atom stereocenters. The molecule has 1 aromatic heterocycles. The van der Waals surface area contributed by atoms with Gasteiger partial charge < -0.3 is 15.4 Å². The number of carbonyl (C=O) groups excluding carboxylic acids is 1. The van der Waals surface area contributed by atoms with E-state index in [9.17, 15) is 4.79 Å². The van der Waals surface area contributed by atoms with E-state index in [2.05, 4.69) is 46.8 Å². The molecule has 0 aliphatic carbocycles. The monoisotopic (exact) mass is 351 g/mol. The molecule has 2 aromatic carbocycles. The normalized spacial score (nSPS) is 12.9. The second-order valence-electron chi connectivity index (χ2n) is 5.92. The van der Waals surface area contributed by atoms with Crippen LogP contribution < -0.4 is 15.4 Å². The van der Waals surface area contributed by atoms with Gasteiger partial charge >= 0.3 is 0 Å². The molecule has 1 aliphatic heterocycles. The van der Waals surface area contributed by atoms with E-state index in [0.29, 0.717) is 11.4 Å². The lowest BCUT2D eigenvalue weighted by Gasteiger charge is -2.18. The lowest BCUT2D eigenvalue weighted by Crippen LogP contribution is -2.25. The summed E-state index contributed by atoms with van der Waals surface area (Å²) < 4.78 is 5.39. The Balaban J connectivity index is 1.48. The minimum atomic E-state index is -0.136. The van der Waals surface area contributed by atoms with Gasteiger partial charge in [-0.2, -0.15) is 0 Å². The molecule has 2 N–H and O–H groups in total. The highest BCUT2D eigenvalue weighted by atomic mass is 32.1. The van der Waals surface area contributed by atoms with Crippen molar-refractivity contribution in [2.45, 2.75) is 13.5 Å². The molecule has 4 rings (SSSR count). The number of rotatable bonds is 4. The maximum atomic E-state index is 11.5. The number of fused-ring (bicyclic) bond motifs is 1. The SMILES string of the molecule is Cc1ccc(CNc2nc(-c3ccc4c(c3)NC(=O)CO4)cs2)cc1. The highest BCUT2D eigenvalue weighted by Crippen LogP contribution is 2.33. The van der Waals surface area contributed by atoms with Crippen LogP contribution in [0.4, 0.5) is 10.8 Å². The molecule has 1 aliphatic rings. The smallest absolute Gasteiger partial charge is 0.262 e. The Bertz CT molecular complexity index is 919. The van der Waals surface area contributed by atoms with Crippen molar-refractivity contribution >= 4 is 28.1 Å². The van der Waals surface area contributed by atoms with Gasteiger partial charge in [0.2, 0.25) is 0 Å². The van der Waals surface area contributed by atoms with Crippen molar-refractivity contribution in [3.63, 3.8) is 0 Å². The predicted octanol–water partition coefficient (Wildman–Crippen LogP) is 4.06. The molecule has 0 fully saturated rings. The number of carbonyl (C=O) groups is 1. The minimum Gasteiger partial charge on any atom is -0.482 e. The van der Waals surface area contributed by atoms with Gasteiger partial charge in [-0.1, -0.05) is 29.8 Å². The number of ether oxygens (including phenoxy) is 1. The van der Waals surface area contributed by atoms with E-state index in [1.54, 1.807) is 11.3 Å². The highest BCUT2D eigenvalue weighted by molar-refractivity contribution is 7.14. The highest BCUT2D eigenvalue weighted by Gasteiger charge is 2.17. The molecule has 0 saturated heterocycles. The average molecular weight is 351 g/mol. The molecule has 126 valence electrons. The van der Waals surface area contributed by atoms with Crippen LogP contribution in [-0.4, -0.2) is 17.5 Å². The summed E-state index contributed by atoms with van der Waals surface area (Å²) in [6, 6.07) is 14.1. The zero-order valence-corrected chi connectivity index (χ0v) is 14.5. The summed E-state index contributed by atoms with van der Waals surface area (Å²) in [5.74, 6) is 0.555. The maximum Gasteiger partial charge on any atom is 0.262 e. The molecular weight excluding hydrogens is 334 g/mol. The van der Waals surface area contributed by atoms with Crippen LogP contribution in [0.1, 0.15) is 11.1 Å². The summed E-state index contributed by atoms with van der Waals surface area (Å²) in [5.41, 5.74) is 4.99. The van der Waals surface area contributed by atoms with Gasteiger partial charge in [0.05, 0.1) is 11.4 Å². The van der Waals surface area contributed by atoms with Crippen molar-refractivity contribution in [2.24, 2.45) is 0 Å². The Labute approximate surface area is 149 Å². The van der Waals surface area contributed by atoms with Crippen molar-refractivity contribution in [2.75, 3.05) is 17.2 Å². The first kappa shape index (κ1) is 15.7. The average Bonchev–Trinajstić information content (AvgIpc) is 3.09. The van der Waals surface area contributed by atoms with Crippen LogP contribution in [0.5, 0.6) is 5.75 Å². The number of anilines is 2. The summed E-state index contributed by atoms with van der Waals surface area (Å²) in [7, 11) is 0. The summed E-state index contributed by atoms with van der Waals surface area (Å²) in [6.45, 7) is 2.88. The third-order valence-electron chi connectivity index (χ3n) is 3.98. The topological polar surface area (TPSA) is 63.2 Å². The number of aromatic nitrogens is 1. The Kier molecular flexibility index (Phi) is 4.11. The first-order chi connectivity index (χ1) is 12.2. The van der Waals surface area contributed by atoms with Crippen molar-refractivity contribution in [1.82, 2.24) is 4.98 Å². The fourth-order valence-electron chi connectivity index (χ4n) is 2.61. The molecular formula is C19H17N3O2S. The molecule has 3 aromatic rings. The predicted molar refractivity (Wildman–Crippen MR) is 100 cm³/mol. The van der Waals surface area contributed by atoms with Crippen LogP contribution in [0.3, 0.4) is 0 Å². The fourth-order valence-corrected chi connectivity index (χ4v) is 3.33. The molecule has 0 atom stereocenters. The Morgan fingerprint density at radius 2 is 2.08 bits per heavy atom. The van der Waals surface area contributed by atoms with Gasteiger partial charge in [0.25, 0.3) is 5.91 Å². The lowest BCUT2D eigenvalue weighted by atomic mass is 10.1. The summed E-state index contributed by atoms with van der Waals surface area (Å²) in [5, 5.41) is 9.05. The number of amides is 1. The van der Waals surface area contributed by atoms with E-state index >= 15 is 0 Å². The molecule has 0 radical (unpaired) electrons. The standard InChI is InChI=1S/C19H17N3O2S/c1-12-2-4-13(5-3-12)9-20-19-22-16(11-25-19)14-6-7-17-15(8-14)21-18(23)10-24-17/h2-8,11H,9-10H2,1H3,(H,20,22)(H,21,23). The Morgan fingerprint density at radius 1 is 1.24 bits per heavy atom. The van der Waals surface area contributed by atoms with Gasteiger partial charge in [0.15, 0.2) is 11.7 Å². The molecule has 0 bridgehead atoms. The number of hydrogen-bond acceptors (Lipinski definition) is 5. The van der Waals surface area contributed by atoms with Crippen molar-refractivity contribution < 1.29 is 9.53 Å². The molecule has 2 heterocycles. The molecule has 25 heavy (non-hydrogen) atoms. The van der Waals surface area contributed by atoms with Gasteiger partial charge in [0, 0.05) is 17.5 Å². The molecule has 0 spiro atoms. The molecule has 0 saturated carbocycles. The second kappa shape index (κ2) is 6.57. The van der Waals surface area contributed by atoms with E-state index < -0.39 is 0 Å². The number of nitrogens with zero attached hydrogens (tertiary/aromatic N) is 1. The third kappa shape index (κ3) is 3.49. The van der Waals surface area contributed by atoms with E-state index in [1.807, 2.05) is 23.6 Å². The van der Waals surface area contributed by atoms with E-state index in [1.165, 1.54) is 11.1 Å². The largest absolute Gasteiger partial charge is 0.482 e. The van der Waals surface area contributed by atoms with Crippen molar-refractivity contribution in [1.29, 1.82) is 0 Å². The zero-order chi connectivity index (χ0) is 17.2. The number of aryl methyl sites for hydroxylation is 1. The van der Waals surface area contributed by atoms with Gasteiger partial charge in [-0.25, -0.2) is 4.98 Å². The third-order valence-corrected chi connectivity index (χ3v) is 4.78. The van der Waals surface area contributed by atoms with Crippen molar-refractivity contribution in [3.05, 3.63) is 59.0 Å². The molecule has 5 nitrogen and oxygen atoms in total. The first-order valence-electron chi connectivity index (χ1n) is 7.99. The summed E-state index contributed by atoms with van der Waals surface area (Å²) in [4.78, 5) is 16.1. The Hall–Kier alpha value is -2.86. The maximum absolute atomic E-state index is 11.5. The zero-order valence-electron chi connectivity index (χ0n) is 13.7. The molecule has 6 heteroatoms. The number of hydrogen-bond donors (Lipinski definition) is 2. The number of benzene rings is 2.